The Morgan fingerprint density at radius 3 is 3.09 bits per heavy atom. The van der Waals surface area contributed by atoms with Crippen molar-refractivity contribution < 1.29 is 0 Å². The van der Waals surface area contributed by atoms with Crippen molar-refractivity contribution in [1.82, 2.24) is 24.9 Å². The fourth-order valence-corrected chi connectivity index (χ4v) is 2.95. The molecule has 1 saturated heterocycles. The number of pyridine rings is 1. The van der Waals surface area contributed by atoms with Crippen LogP contribution in [0.1, 0.15) is 13.3 Å². The van der Waals surface area contributed by atoms with Crippen LogP contribution < -0.4 is 10.6 Å². The van der Waals surface area contributed by atoms with E-state index >= 15 is 0 Å². The minimum atomic E-state index is 0.406. The SMILES string of the molecule is C[C@@H]1C[C@@H](Nc2cncc(-c3cnn4ccccc34)n2)CN1. The average molecular weight is 294 g/mol. The van der Waals surface area contributed by atoms with E-state index in [-0.39, 0.29) is 0 Å². The summed E-state index contributed by atoms with van der Waals surface area (Å²) in [6.07, 6.45) is 8.42. The molecule has 0 unspecified atom stereocenters. The second-order valence-corrected chi connectivity index (χ2v) is 5.76. The summed E-state index contributed by atoms with van der Waals surface area (Å²) in [6.45, 7) is 3.16. The van der Waals surface area contributed by atoms with E-state index in [0.717, 1.165) is 35.6 Å². The average Bonchev–Trinajstić information content (AvgIpc) is 3.14. The molecule has 1 aliphatic heterocycles. The fourth-order valence-electron chi connectivity index (χ4n) is 2.95. The van der Waals surface area contributed by atoms with E-state index in [1.165, 1.54) is 0 Å². The lowest BCUT2D eigenvalue weighted by molar-refractivity contribution is 0.661. The van der Waals surface area contributed by atoms with Gasteiger partial charge in [-0.05, 0) is 25.5 Å². The van der Waals surface area contributed by atoms with Gasteiger partial charge in [0.2, 0.25) is 0 Å². The summed E-state index contributed by atoms with van der Waals surface area (Å²) in [5, 5.41) is 11.2. The Kier molecular flexibility index (Phi) is 3.23. The molecule has 2 atom stereocenters. The number of nitrogens with zero attached hydrogens (tertiary/aromatic N) is 4. The molecule has 0 aromatic carbocycles. The van der Waals surface area contributed by atoms with Gasteiger partial charge < -0.3 is 10.6 Å². The van der Waals surface area contributed by atoms with Crippen molar-refractivity contribution in [2.45, 2.75) is 25.4 Å². The number of hydrogen-bond acceptors (Lipinski definition) is 5. The van der Waals surface area contributed by atoms with Crippen molar-refractivity contribution in [1.29, 1.82) is 0 Å². The van der Waals surface area contributed by atoms with Crippen LogP contribution in [-0.4, -0.2) is 38.2 Å². The van der Waals surface area contributed by atoms with E-state index in [4.69, 9.17) is 4.98 Å². The highest BCUT2D eigenvalue weighted by atomic mass is 15.2. The quantitative estimate of drug-likeness (QED) is 0.773. The summed E-state index contributed by atoms with van der Waals surface area (Å²) < 4.78 is 1.85. The first kappa shape index (κ1) is 13.2. The number of rotatable bonds is 3. The lowest BCUT2D eigenvalue weighted by Crippen LogP contribution is -2.23. The summed E-state index contributed by atoms with van der Waals surface area (Å²) in [5.74, 6) is 0.814. The van der Waals surface area contributed by atoms with Crippen LogP contribution in [0.15, 0.2) is 43.0 Å². The van der Waals surface area contributed by atoms with Crippen LogP contribution in [-0.2, 0) is 0 Å². The van der Waals surface area contributed by atoms with Gasteiger partial charge in [-0.25, -0.2) is 9.50 Å². The summed E-state index contributed by atoms with van der Waals surface area (Å²) in [6, 6.07) is 6.95. The van der Waals surface area contributed by atoms with Gasteiger partial charge in [-0.1, -0.05) is 6.07 Å². The molecule has 1 aliphatic rings. The maximum absolute atomic E-state index is 4.70. The predicted octanol–water partition coefficient (Wildman–Crippen LogP) is 1.95. The van der Waals surface area contributed by atoms with Crippen LogP contribution in [0, 0.1) is 0 Å². The Labute approximate surface area is 128 Å². The molecule has 22 heavy (non-hydrogen) atoms. The largest absolute Gasteiger partial charge is 0.365 e. The molecule has 3 aromatic rings. The number of anilines is 1. The van der Waals surface area contributed by atoms with Crippen molar-refractivity contribution in [3.8, 4) is 11.3 Å². The maximum Gasteiger partial charge on any atom is 0.145 e. The Morgan fingerprint density at radius 1 is 1.27 bits per heavy atom. The molecular formula is C16H18N6. The van der Waals surface area contributed by atoms with Gasteiger partial charge in [0.25, 0.3) is 0 Å². The van der Waals surface area contributed by atoms with Gasteiger partial charge in [0.15, 0.2) is 0 Å². The van der Waals surface area contributed by atoms with E-state index < -0.39 is 0 Å². The van der Waals surface area contributed by atoms with Gasteiger partial charge in [0.05, 0.1) is 29.8 Å². The van der Waals surface area contributed by atoms with Gasteiger partial charge in [-0.3, -0.25) is 4.98 Å². The van der Waals surface area contributed by atoms with E-state index in [1.54, 1.807) is 12.4 Å². The molecule has 0 saturated carbocycles. The molecule has 0 amide bonds. The van der Waals surface area contributed by atoms with Crippen LogP contribution in [0.2, 0.25) is 0 Å². The molecule has 4 rings (SSSR count). The molecule has 0 aliphatic carbocycles. The Bertz CT molecular complexity index is 796. The van der Waals surface area contributed by atoms with Crippen molar-refractivity contribution in [2.24, 2.45) is 0 Å². The van der Waals surface area contributed by atoms with Gasteiger partial charge in [0, 0.05) is 30.4 Å². The highest BCUT2D eigenvalue weighted by molar-refractivity contribution is 5.77. The van der Waals surface area contributed by atoms with Crippen LogP contribution >= 0.6 is 0 Å². The van der Waals surface area contributed by atoms with E-state index in [2.05, 4.69) is 27.6 Å². The smallest absolute Gasteiger partial charge is 0.145 e. The lowest BCUT2D eigenvalue weighted by atomic mass is 10.2. The third kappa shape index (κ3) is 2.42. The van der Waals surface area contributed by atoms with E-state index in [0.29, 0.717) is 12.1 Å². The summed E-state index contributed by atoms with van der Waals surface area (Å²) in [5.41, 5.74) is 2.87. The Balaban J connectivity index is 1.64. The topological polar surface area (TPSA) is 67.1 Å². The molecule has 4 heterocycles. The third-order valence-corrected chi connectivity index (χ3v) is 4.04. The standard InChI is InChI=1S/C16H18N6/c1-11-6-12(7-18-11)20-16-10-17-9-14(21-16)13-8-19-22-5-3-2-4-15(13)22/h2-5,8-12,18H,6-7H2,1H3,(H,20,21)/t11-,12-/m1/s1. The molecule has 0 bridgehead atoms. The second kappa shape index (κ2) is 5.38. The molecule has 6 heteroatoms. The Morgan fingerprint density at radius 2 is 2.23 bits per heavy atom. The molecule has 112 valence electrons. The first-order valence-corrected chi connectivity index (χ1v) is 7.54. The molecule has 2 N–H and O–H groups in total. The molecule has 0 spiro atoms. The van der Waals surface area contributed by atoms with Crippen molar-refractivity contribution in [2.75, 3.05) is 11.9 Å². The third-order valence-electron chi connectivity index (χ3n) is 4.04. The van der Waals surface area contributed by atoms with Gasteiger partial charge in [0.1, 0.15) is 5.82 Å². The summed E-state index contributed by atoms with van der Waals surface area (Å²) >= 11 is 0. The van der Waals surface area contributed by atoms with Crippen LogP contribution in [0.3, 0.4) is 0 Å². The normalized spacial score (nSPS) is 21.3. The van der Waals surface area contributed by atoms with Gasteiger partial charge >= 0.3 is 0 Å². The monoisotopic (exact) mass is 294 g/mol. The number of hydrogen-bond donors (Lipinski definition) is 2. The zero-order valence-electron chi connectivity index (χ0n) is 12.4. The summed E-state index contributed by atoms with van der Waals surface area (Å²) in [4.78, 5) is 9.03. The zero-order chi connectivity index (χ0) is 14.9. The zero-order valence-corrected chi connectivity index (χ0v) is 12.4. The van der Waals surface area contributed by atoms with Gasteiger partial charge in [-0.2, -0.15) is 5.10 Å². The van der Waals surface area contributed by atoms with Gasteiger partial charge in [-0.15, -0.1) is 0 Å². The number of aromatic nitrogens is 4. The first-order valence-electron chi connectivity index (χ1n) is 7.54. The molecule has 0 radical (unpaired) electrons. The molecule has 6 nitrogen and oxygen atoms in total. The van der Waals surface area contributed by atoms with Crippen molar-refractivity contribution in [3.05, 3.63) is 43.0 Å². The number of nitrogens with one attached hydrogen (secondary N) is 2. The number of fused-ring (bicyclic) bond motifs is 1. The van der Waals surface area contributed by atoms with Crippen LogP contribution in [0.25, 0.3) is 16.8 Å². The lowest BCUT2D eigenvalue weighted by Gasteiger charge is -2.12. The maximum atomic E-state index is 4.70. The molecule has 1 fully saturated rings. The minimum absolute atomic E-state index is 0.406. The first-order chi connectivity index (χ1) is 10.8. The molecular weight excluding hydrogens is 276 g/mol. The minimum Gasteiger partial charge on any atom is -0.365 e. The highest BCUT2D eigenvalue weighted by Gasteiger charge is 2.20. The molecule has 3 aromatic heterocycles. The van der Waals surface area contributed by atoms with E-state index in [1.807, 2.05) is 35.1 Å². The highest BCUT2D eigenvalue weighted by Crippen LogP contribution is 2.23. The van der Waals surface area contributed by atoms with Crippen LogP contribution in [0.4, 0.5) is 5.82 Å². The van der Waals surface area contributed by atoms with Crippen LogP contribution in [0.5, 0.6) is 0 Å². The Hall–Kier alpha value is -2.47. The van der Waals surface area contributed by atoms with Crippen molar-refractivity contribution in [3.63, 3.8) is 0 Å². The van der Waals surface area contributed by atoms with E-state index in [9.17, 15) is 0 Å². The van der Waals surface area contributed by atoms with Crippen molar-refractivity contribution >= 4 is 11.3 Å². The second-order valence-electron chi connectivity index (χ2n) is 5.76. The predicted molar refractivity (Wildman–Crippen MR) is 85.7 cm³/mol. The summed E-state index contributed by atoms with van der Waals surface area (Å²) in [7, 11) is 0. The fraction of sp³-hybridized carbons (Fsp3) is 0.312.